The Morgan fingerprint density at radius 3 is 2.32 bits per heavy atom. The predicted molar refractivity (Wildman–Crippen MR) is 96.0 cm³/mol. The lowest BCUT2D eigenvalue weighted by atomic mass is 10.2. The third kappa shape index (κ3) is 5.97. The van der Waals surface area contributed by atoms with E-state index in [1.165, 1.54) is 24.3 Å². The molecule has 6 nitrogen and oxygen atoms in total. The van der Waals surface area contributed by atoms with Crippen LogP contribution in [0.25, 0.3) is 0 Å². The van der Waals surface area contributed by atoms with Crippen LogP contribution in [0.2, 0.25) is 0 Å². The highest BCUT2D eigenvalue weighted by molar-refractivity contribution is 7.89. The van der Waals surface area contributed by atoms with Crippen LogP contribution in [-0.4, -0.2) is 41.1 Å². The number of sulfonamides is 1. The number of hydrogen-bond donors (Lipinski definition) is 2. The average molecular weight is 362 g/mol. The molecule has 0 radical (unpaired) electrons. The van der Waals surface area contributed by atoms with E-state index < -0.39 is 10.0 Å². The maximum Gasteiger partial charge on any atom is 0.251 e. The van der Waals surface area contributed by atoms with Crippen molar-refractivity contribution in [3.63, 3.8) is 0 Å². The van der Waals surface area contributed by atoms with Crippen LogP contribution in [0.3, 0.4) is 0 Å². The summed E-state index contributed by atoms with van der Waals surface area (Å²) in [6.45, 7) is 1.13. The van der Waals surface area contributed by atoms with Crippen LogP contribution in [0.1, 0.15) is 15.9 Å². The van der Waals surface area contributed by atoms with E-state index in [0.717, 1.165) is 5.56 Å². The number of rotatable bonds is 9. The van der Waals surface area contributed by atoms with Crippen molar-refractivity contribution in [1.82, 2.24) is 10.0 Å². The molecule has 0 aliphatic rings. The molecule has 0 saturated heterocycles. The standard InChI is InChI=1S/C18H22N2O4S/c1-24-14-13-19-18(21)16-7-9-17(10-8-16)25(22,23)20-12-11-15-5-3-2-4-6-15/h2-10,20H,11-14H2,1H3,(H,19,21). The van der Waals surface area contributed by atoms with E-state index in [1.807, 2.05) is 30.3 Å². The Hall–Kier alpha value is -2.22. The summed E-state index contributed by atoms with van der Waals surface area (Å²) in [6, 6.07) is 15.5. The van der Waals surface area contributed by atoms with E-state index in [-0.39, 0.29) is 10.8 Å². The van der Waals surface area contributed by atoms with Gasteiger partial charge in [0.1, 0.15) is 0 Å². The molecule has 0 atom stereocenters. The molecule has 0 aliphatic heterocycles. The molecule has 0 aliphatic carbocycles. The fourth-order valence-corrected chi connectivity index (χ4v) is 3.24. The first-order chi connectivity index (χ1) is 12.0. The van der Waals surface area contributed by atoms with Gasteiger partial charge in [0.15, 0.2) is 0 Å². The Morgan fingerprint density at radius 2 is 1.68 bits per heavy atom. The number of amides is 1. The van der Waals surface area contributed by atoms with E-state index in [0.29, 0.717) is 31.7 Å². The minimum Gasteiger partial charge on any atom is -0.383 e. The van der Waals surface area contributed by atoms with Crippen LogP contribution < -0.4 is 10.0 Å². The zero-order chi connectivity index (χ0) is 18.1. The molecule has 1 amide bonds. The van der Waals surface area contributed by atoms with Gasteiger partial charge in [-0.2, -0.15) is 0 Å². The van der Waals surface area contributed by atoms with Gasteiger partial charge in [0.05, 0.1) is 11.5 Å². The summed E-state index contributed by atoms with van der Waals surface area (Å²) >= 11 is 0. The minimum atomic E-state index is -3.60. The lowest BCUT2D eigenvalue weighted by Crippen LogP contribution is -2.27. The Labute approximate surface area is 148 Å². The van der Waals surface area contributed by atoms with Crippen molar-refractivity contribution in [3.8, 4) is 0 Å². The largest absolute Gasteiger partial charge is 0.383 e. The summed E-state index contributed by atoms with van der Waals surface area (Å²) in [5, 5.41) is 2.68. The number of methoxy groups -OCH3 is 1. The molecule has 0 fully saturated rings. The molecular weight excluding hydrogens is 340 g/mol. The number of carbonyl (C=O) groups excluding carboxylic acids is 1. The Balaban J connectivity index is 1.92. The van der Waals surface area contributed by atoms with Gasteiger partial charge in [-0.15, -0.1) is 0 Å². The molecular formula is C18H22N2O4S. The van der Waals surface area contributed by atoms with Gasteiger partial charge in [0.2, 0.25) is 10.0 Å². The van der Waals surface area contributed by atoms with Crippen molar-refractivity contribution in [2.45, 2.75) is 11.3 Å². The summed E-state index contributed by atoms with van der Waals surface area (Å²) in [4.78, 5) is 12.0. The molecule has 0 spiro atoms. The molecule has 0 heterocycles. The average Bonchev–Trinajstić information content (AvgIpc) is 2.63. The smallest absolute Gasteiger partial charge is 0.251 e. The van der Waals surface area contributed by atoms with E-state index in [2.05, 4.69) is 10.0 Å². The molecule has 0 saturated carbocycles. The number of nitrogens with one attached hydrogen (secondary N) is 2. The quantitative estimate of drug-likeness (QED) is 0.664. The minimum absolute atomic E-state index is 0.133. The van der Waals surface area contributed by atoms with Crippen LogP contribution in [0.4, 0.5) is 0 Å². The van der Waals surface area contributed by atoms with Gasteiger partial charge >= 0.3 is 0 Å². The third-order valence-electron chi connectivity index (χ3n) is 3.57. The zero-order valence-electron chi connectivity index (χ0n) is 14.1. The predicted octanol–water partition coefficient (Wildman–Crippen LogP) is 1.58. The van der Waals surface area contributed by atoms with Crippen LogP contribution >= 0.6 is 0 Å². The molecule has 7 heteroatoms. The number of benzene rings is 2. The number of ether oxygens (including phenoxy) is 1. The van der Waals surface area contributed by atoms with Crippen molar-refractivity contribution in [2.75, 3.05) is 26.8 Å². The van der Waals surface area contributed by atoms with E-state index in [1.54, 1.807) is 7.11 Å². The number of carbonyl (C=O) groups is 1. The second kappa shape index (κ2) is 9.31. The SMILES string of the molecule is COCCNC(=O)c1ccc(S(=O)(=O)NCCc2ccccc2)cc1. The maximum atomic E-state index is 12.3. The highest BCUT2D eigenvalue weighted by atomic mass is 32.2. The van der Waals surface area contributed by atoms with Crippen LogP contribution in [0.15, 0.2) is 59.5 Å². The van der Waals surface area contributed by atoms with Gasteiger partial charge in [0.25, 0.3) is 5.91 Å². The van der Waals surface area contributed by atoms with Crippen molar-refractivity contribution in [1.29, 1.82) is 0 Å². The normalized spacial score (nSPS) is 11.2. The zero-order valence-corrected chi connectivity index (χ0v) is 14.9. The summed E-state index contributed by atoms with van der Waals surface area (Å²) < 4.78 is 32.0. The monoisotopic (exact) mass is 362 g/mol. The van der Waals surface area contributed by atoms with Crippen molar-refractivity contribution in [3.05, 3.63) is 65.7 Å². The van der Waals surface area contributed by atoms with Gasteiger partial charge in [-0.05, 0) is 36.2 Å². The molecule has 2 aromatic carbocycles. The maximum absolute atomic E-state index is 12.3. The molecule has 2 aromatic rings. The first kappa shape index (κ1) is 19.1. The third-order valence-corrected chi connectivity index (χ3v) is 5.04. The first-order valence-corrected chi connectivity index (χ1v) is 9.42. The summed E-state index contributed by atoms with van der Waals surface area (Å²) in [5.74, 6) is -0.266. The fraction of sp³-hybridized carbons (Fsp3) is 0.278. The molecule has 2 rings (SSSR count). The highest BCUT2D eigenvalue weighted by Gasteiger charge is 2.14. The molecule has 134 valence electrons. The molecule has 0 unspecified atom stereocenters. The van der Waals surface area contributed by atoms with Crippen LogP contribution in [-0.2, 0) is 21.2 Å². The second-order valence-electron chi connectivity index (χ2n) is 5.41. The first-order valence-electron chi connectivity index (χ1n) is 7.94. The van der Waals surface area contributed by atoms with Crippen LogP contribution in [0.5, 0.6) is 0 Å². The summed E-state index contributed by atoms with van der Waals surface area (Å²) in [5.41, 5.74) is 1.47. The van der Waals surface area contributed by atoms with Gasteiger partial charge in [-0.1, -0.05) is 30.3 Å². The summed E-state index contributed by atoms with van der Waals surface area (Å²) in [6.07, 6.45) is 0.611. The van der Waals surface area contributed by atoms with Crippen molar-refractivity contribution in [2.24, 2.45) is 0 Å². The molecule has 0 aromatic heterocycles. The Bertz CT molecular complexity index is 774. The Morgan fingerprint density at radius 1 is 1.00 bits per heavy atom. The van der Waals surface area contributed by atoms with Gasteiger partial charge in [0, 0.05) is 25.8 Å². The van der Waals surface area contributed by atoms with E-state index in [4.69, 9.17) is 4.74 Å². The van der Waals surface area contributed by atoms with E-state index in [9.17, 15) is 13.2 Å². The second-order valence-corrected chi connectivity index (χ2v) is 7.17. The lowest BCUT2D eigenvalue weighted by molar-refractivity contribution is 0.0937. The lowest BCUT2D eigenvalue weighted by Gasteiger charge is -2.08. The molecule has 25 heavy (non-hydrogen) atoms. The van der Waals surface area contributed by atoms with Crippen molar-refractivity contribution < 1.29 is 17.9 Å². The van der Waals surface area contributed by atoms with Crippen molar-refractivity contribution >= 4 is 15.9 Å². The van der Waals surface area contributed by atoms with Gasteiger partial charge in [-0.3, -0.25) is 4.79 Å². The van der Waals surface area contributed by atoms with Gasteiger partial charge < -0.3 is 10.1 Å². The highest BCUT2D eigenvalue weighted by Crippen LogP contribution is 2.11. The van der Waals surface area contributed by atoms with Gasteiger partial charge in [-0.25, -0.2) is 13.1 Å². The number of hydrogen-bond acceptors (Lipinski definition) is 4. The van der Waals surface area contributed by atoms with E-state index >= 15 is 0 Å². The fourth-order valence-electron chi connectivity index (χ4n) is 2.21. The molecule has 2 N–H and O–H groups in total. The summed E-state index contributed by atoms with van der Waals surface area (Å²) in [7, 11) is -2.04. The topological polar surface area (TPSA) is 84.5 Å². The Kier molecular flexibility index (Phi) is 7.12. The van der Waals surface area contributed by atoms with Crippen LogP contribution in [0, 0.1) is 0 Å². The molecule has 0 bridgehead atoms.